The first-order valence-corrected chi connectivity index (χ1v) is 11.1. The van der Waals surface area contributed by atoms with Crippen LogP contribution in [0.4, 0.5) is 8.78 Å². The van der Waals surface area contributed by atoms with Gasteiger partial charge in [0.1, 0.15) is 11.6 Å². The lowest BCUT2D eigenvalue weighted by molar-refractivity contribution is -0.152. The van der Waals surface area contributed by atoms with Gasteiger partial charge in [0, 0.05) is 38.2 Å². The first-order valence-electron chi connectivity index (χ1n) is 11.1. The number of likely N-dealkylation sites (tertiary alicyclic amines) is 2. The molecule has 0 saturated carbocycles. The van der Waals surface area contributed by atoms with Crippen molar-refractivity contribution in [3.05, 3.63) is 35.4 Å². The number of rotatable bonds is 6. The summed E-state index contributed by atoms with van der Waals surface area (Å²) in [6.07, 6.45) is 4.07. The standard InChI is InChI=1S/C23H30F2N2O4/c1-2-3-14-31-23(30)17-8-12-26(13-9-17)21(28)16-6-10-27(11-7-16)22(29)19-5-4-18(24)15-20(19)25/h4-5,15-17H,2-3,6-14H2,1H3. The third-order valence-corrected chi connectivity index (χ3v) is 6.18. The minimum absolute atomic E-state index is 0.0536. The molecule has 1 aromatic carbocycles. The molecule has 6 nitrogen and oxygen atoms in total. The van der Waals surface area contributed by atoms with E-state index in [0.29, 0.717) is 64.5 Å². The van der Waals surface area contributed by atoms with E-state index in [-0.39, 0.29) is 29.3 Å². The van der Waals surface area contributed by atoms with E-state index in [2.05, 4.69) is 0 Å². The molecule has 0 aromatic heterocycles. The molecule has 0 atom stereocenters. The molecule has 1 aromatic rings. The Bertz CT molecular complexity index is 801. The lowest BCUT2D eigenvalue weighted by Gasteiger charge is -2.37. The third-order valence-electron chi connectivity index (χ3n) is 6.18. The lowest BCUT2D eigenvalue weighted by Crippen LogP contribution is -2.47. The minimum atomic E-state index is -0.876. The average Bonchev–Trinajstić information content (AvgIpc) is 2.78. The summed E-state index contributed by atoms with van der Waals surface area (Å²) in [7, 11) is 0. The summed E-state index contributed by atoms with van der Waals surface area (Å²) in [6.45, 7) is 4.27. The maximum Gasteiger partial charge on any atom is 0.309 e. The van der Waals surface area contributed by atoms with Crippen molar-refractivity contribution in [2.24, 2.45) is 11.8 Å². The molecular formula is C23H30F2N2O4. The van der Waals surface area contributed by atoms with Crippen LogP contribution in [0.25, 0.3) is 0 Å². The van der Waals surface area contributed by atoms with Gasteiger partial charge in [-0.1, -0.05) is 13.3 Å². The van der Waals surface area contributed by atoms with E-state index < -0.39 is 17.5 Å². The largest absolute Gasteiger partial charge is 0.465 e. The van der Waals surface area contributed by atoms with Crippen molar-refractivity contribution in [1.29, 1.82) is 0 Å². The number of hydrogen-bond acceptors (Lipinski definition) is 4. The zero-order valence-corrected chi connectivity index (χ0v) is 17.9. The number of halogens is 2. The maximum atomic E-state index is 13.9. The van der Waals surface area contributed by atoms with Gasteiger partial charge in [0.05, 0.1) is 18.1 Å². The van der Waals surface area contributed by atoms with E-state index in [0.717, 1.165) is 25.0 Å². The van der Waals surface area contributed by atoms with Crippen LogP contribution in [-0.4, -0.2) is 60.4 Å². The van der Waals surface area contributed by atoms with Crippen molar-refractivity contribution in [3.63, 3.8) is 0 Å². The van der Waals surface area contributed by atoms with Gasteiger partial charge in [-0.25, -0.2) is 8.78 Å². The smallest absolute Gasteiger partial charge is 0.309 e. The van der Waals surface area contributed by atoms with Crippen molar-refractivity contribution in [2.45, 2.75) is 45.4 Å². The molecular weight excluding hydrogens is 406 g/mol. The normalized spacial score (nSPS) is 18.2. The molecule has 0 unspecified atom stereocenters. The fraction of sp³-hybridized carbons (Fsp3) is 0.609. The Labute approximate surface area is 181 Å². The van der Waals surface area contributed by atoms with Crippen molar-refractivity contribution in [2.75, 3.05) is 32.8 Å². The lowest BCUT2D eigenvalue weighted by atomic mass is 9.92. The summed E-state index contributed by atoms with van der Waals surface area (Å²) in [4.78, 5) is 40.8. The van der Waals surface area contributed by atoms with Crippen LogP contribution in [0.3, 0.4) is 0 Å². The van der Waals surface area contributed by atoms with Gasteiger partial charge in [0.25, 0.3) is 5.91 Å². The zero-order chi connectivity index (χ0) is 22.4. The fourth-order valence-electron chi connectivity index (χ4n) is 4.19. The molecule has 0 spiro atoms. The summed E-state index contributed by atoms with van der Waals surface area (Å²) in [5.74, 6) is -2.53. The molecule has 0 radical (unpaired) electrons. The van der Waals surface area contributed by atoms with Gasteiger partial charge in [-0.2, -0.15) is 0 Å². The Morgan fingerprint density at radius 2 is 1.58 bits per heavy atom. The van der Waals surface area contributed by atoms with Crippen molar-refractivity contribution in [1.82, 2.24) is 9.80 Å². The first-order chi connectivity index (χ1) is 14.9. The Morgan fingerprint density at radius 1 is 0.968 bits per heavy atom. The van der Waals surface area contributed by atoms with Crippen LogP contribution in [0.1, 0.15) is 55.8 Å². The van der Waals surface area contributed by atoms with E-state index in [4.69, 9.17) is 4.74 Å². The SMILES string of the molecule is CCCCOC(=O)C1CCN(C(=O)C2CCN(C(=O)c3ccc(F)cc3F)CC2)CC1. The van der Waals surface area contributed by atoms with Gasteiger partial charge in [0.2, 0.25) is 5.91 Å². The number of esters is 1. The van der Waals surface area contributed by atoms with Crippen molar-refractivity contribution >= 4 is 17.8 Å². The predicted molar refractivity (Wildman–Crippen MR) is 110 cm³/mol. The summed E-state index contributed by atoms with van der Waals surface area (Å²) in [6, 6.07) is 2.92. The molecule has 2 amide bonds. The number of unbranched alkanes of at least 4 members (excludes halogenated alkanes) is 1. The molecule has 0 aliphatic carbocycles. The summed E-state index contributed by atoms with van der Waals surface area (Å²) in [5, 5.41) is 0. The number of ether oxygens (including phenoxy) is 1. The molecule has 0 bridgehead atoms. The van der Waals surface area contributed by atoms with Crippen LogP contribution in [0, 0.1) is 23.5 Å². The fourth-order valence-corrected chi connectivity index (χ4v) is 4.19. The zero-order valence-electron chi connectivity index (χ0n) is 17.9. The Hall–Kier alpha value is -2.51. The van der Waals surface area contributed by atoms with Crippen LogP contribution >= 0.6 is 0 Å². The highest BCUT2D eigenvalue weighted by molar-refractivity contribution is 5.94. The second-order valence-corrected chi connectivity index (χ2v) is 8.31. The Morgan fingerprint density at radius 3 is 2.19 bits per heavy atom. The quantitative estimate of drug-likeness (QED) is 0.506. The van der Waals surface area contributed by atoms with Crippen LogP contribution < -0.4 is 0 Å². The van der Waals surface area contributed by atoms with Gasteiger partial charge in [-0.05, 0) is 44.2 Å². The molecule has 8 heteroatoms. The average molecular weight is 436 g/mol. The van der Waals surface area contributed by atoms with Gasteiger partial charge in [-0.15, -0.1) is 0 Å². The monoisotopic (exact) mass is 436 g/mol. The summed E-state index contributed by atoms with van der Waals surface area (Å²) in [5.41, 5.74) is -0.154. The van der Waals surface area contributed by atoms with Crippen LogP contribution in [0.5, 0.6) is 0 Å². The molecule has 170 valence electrons. The third kappa shape index (κ3) is 5.80. The molecule has 2 heterocycles. The Kier molecular flexibility index (Phi) is 7.98. The second kappa shape index (κ2) is 10.7. The number of carbonyl (C=O) groups is 3. The number of piperidine rings is 2. The minimum Gasteiger partial charge on any atom is -0.465 e. The van der Waals surface area contributed by atoms with E-state index in [9.17, 15) is 23.2 Å². The van der Waals surface area contributed by atoms with Gasteiger partial charge in [-0.3, -0.25) is 14.4 Å². The number of amides is 2. The molecule has 2 fully saturated rings. The van der Waals surface area contributed by atoms with Crippen molar-refractivity contribution < 1.29 is 27.9 Å². The maximum absolute atomic E-state index is 13.9. The number of nitrogens with zero attached hydrogens (tertiary/aromatic N) is 2. The summed E-state index contributed by atoms with van der Waals surface area (Å²) < 4.78 is 32.3. The molecule has 3 rings (SSSR count). The number of carbonyl (C=O) groups excluding carboxylic acids is 3. The summed E-state index contributed by atoms with van der Waals surface area (Å²) >= 11 is 0. The van der Waals surface area contributed by atoms with Gasteiger partial charge >= 0.3 is 5.97 Å². The van der Waals surface area contributed by atoms with E-state index in [1.807, 2.05) is 6.92 Å². The molecule has 2 aliphatic rings. The highest BCUT2D eigenvalue weighted by Gasteiger charge is 2.34. The van der Waals surface area contributed by atoms with E-state index >= 15 is 0 Å². The van der Waals surface area contributed by atoms with E-state index in [1.165, 1.54) is 4.90 Å². The van der Waals surface area contributed by atoms with Gasteiger partial charge < -0.3 is 14.5 Å². The van der Waals surface area contributed by atoms with Crippen LogP contribution in [0.2, 0.25) is 0 Å². The topological polar surface area (TPSA) is 66.9 Å². The van der Waals surface area contributed by atoms with Gasteiger partial charge in [0.15, 0.2) is 0 Å². The number of hydrogen-bond donors (Lipinski definition) is 0. The highest BCUT2D eigenvalue weighted by Crippen LogP contribution is 2.25. The molecule has 31 heavy (non-hydrogen) atoms. The molecule has 2 saturated heterocycles. The first kappa shape index (κ1) is 23.2. The van der Waals surface area contributed by atoms with Crippen molar-refractivity contribution in [3.8, 4) is 0 Å². The van der Waals surface area contributed by atoms with E-state index in [1.54, 1.807) is 4.90 Å². The molecule has 2 aliphatic heterocycles. The Balaban J connectivity index is 1.45. The van der Waals surface area contributed by atoms with Crippen LogP contribution in [-0.2, 0) is 14.3 Å². The molecule has 0 N–H and O–H groups in total. The van der Waals surface area contributed by atoms with Crippen LogP contribution in [0.15, 0.2) is 18.2 Å². The number of benzene rings is 1. The highest BCUT2D eigenvalue weighted by atomic mass is 19.1. The predicted octanol–water partition coefficient (Wildman–Crippen LogP) is 3.40. The second-order valence-electron chi connectivity index (χ2n) is 8.31.